The molecule has 0 fully saturated rings. The zero-order chi connectivity index (χ0) is 17.9. The van der Waals surface area contributed by atoms with Gasteiger partial charge in [-0.2, -0.15) is 8.78 Å². The number of halogens is 2. The van der Waals surface area contributed by atoms with E-state index in [1.807, 2.05) is 12.1 Å². The second kappa shape index (κ2) is 7.04. The van der Waals surface area contributed by atoms with Gasteiger partial charge in [0.1, 0.15) is 5.69 Å². The number of rotatable bonds is 5. The molecule has 2 aromatic rings. The Bertz CT molecular complexity index is 742. The maximum Gasteiger partial charge on any atom is 0.388 e. The zero-order valence-corrected chi connectivity index (χ0v) is 13.8. The third-order valence-corrected chi connectivity index (χ3v) is 4.25. The van der Waals surface area contributed by atoms with E-state index >= 15 is 0 Å². The Morgan fingerprint density at radius 1 is 1.24 bits per heavy atom. The minimum absolute atomic E-state index is 0.0712. The second-order valence-electron chi connectivity index (χ2n) is 6.48. The van der Waals surface area contributed by atoms with Crippen molar-refractivity contribution in [1.82, 2.24) is 10.3 Å². The number of hydrogen-bond donors (Lipinski definition) is 2. The molecule has 1 aliphatic carbocycles. The summed E-state index contributed by atoms with van der Waals surface area (Å²) in [5.74, 6) is -0.313. The highest BCUT2D eigenvalue weighted by Gasteiger charge is 2.32. The van der Waals surface area contributed by atoms with Gasteiger partial charge in [-0.15, -0.1) is 0 Å². The molecule has 0 saturated carbocycles. The molecule has 2 amide bonds. The van der Waals surface area contributed by atoms with Crippen molar-refractivity contribution in [2.45, 2.75) is 26.4 Å². The van der Waals surface area contributed by atoms with E-state index in [0.717, 1.165) is 12.8 Å². The van der Waals surface area contributed by atoms with E-state index in [0.29, 0.717) is 6.54 Å². The maximum absolute atomic E-state index is 12.4. The lowest BCUT2D eigenvalue weighted by molar-refractivity contribution is -0.0523. The third kappa shape index (κ3) is 4.23. The van der Waals surface area contributed by atoms with Crippen LogP contribution in [0.25, 0.3) is 0 Å². The molecule has 0 aliphatic heterocycles. The number of fused-ring (bicyclic) bond motifs is 1. The first-order valence-corrected chi connectivity index (χ1v) is 7.97. The van der Waals surface area contributed by atoms with Gasteiger partial charge >= 0.3 is 12.6 Å². The standard InChI is InChI=1S/C18H19F2N3O2/c1-18(9-12-5-2-3-6-13(12)10-18)11-22-17(24)23-14-7-4-8-21-15(14)25-16(19)20/h2-8,16H,9-11H2,1H3,(H2,22,23,24). The lowest BCUT2D eigenvalue weighted by Gasteiger charge is -2.24. The average Bonchev–Trinajstić information content (AvgIpc) is 2.91. The van der Waals surface area contributed by atoms with Crippen LogP contribution >= 0.6 is 0 Å². The number of nitrogens with zero attached hydrogens (tertiary/aromatic N) is 1. The van der Waals surface area contributed by atoms with Gasteiger partial charge in [-0.05, 0) is 41.5 Å². The van der Waals surface area contributed by atoms with E-state index in [9.17, 15) is 13.6 Å². The molecule has 25 heavy (non-hydrogen) atoms. The Morgan fingerprint density at radius 3 is 2.56 bits per heavy atom. The summed E-state index contributed by atoms with van der Waals surface area (Å²) < 4.78 is 29.1. The first kappa shape index (κ1) is 17.1. The summed E-state index contributed by atoms with van der Waals surface area (Å²) in [7, 11) is 0. The van der Waals surface area contributed by atoms with Crippen molar-refractivity contribution in [2.24, 2.45) is 5.41 Å². The Hall–Kier alpha value is -2.70. The van der Waals surface area contributed by atoms with Crippen LogP contribution in [-0.2, 0) is 12.8 Å². The smallest absolute Gasteiger partial charge is 0.388 e. The van der Waals surface area contributed by atoms with Crippen LogP contribution in [-0.4, -0.2) is 24.2 Å². The van der Waals surface area contributed by atoms with Gasteiger partial charge in [-0.1, -0.05) is 31.2 Å². The van der Waals surface area contributed by atoms with Gasteiger partial charge in [-0.3, -0.25) is 0 Å². The number of anilines is 1. The molecule has 3 rings (SSSR count). The summed E-state index contributed by atoms with van der Waals surface area (Å²) in [5, 5.41) is 5.32. The Kier molecular flexibility index (Phi) is 4.83. The quantitative estimate of drug-likeness (QED) is 0.868. The molecule has 0 atom stereocenters. The SMILES string of the molecule is CC1(CNC(=O)Nc2cccnc2OC(F)F)Cc2ccccc2C1. The number of hydrogen-bond acceptors (Lipinski definition) is 3. The molecule has 1 aliphatic rings. The summed E-state index contributed by atoms with van der Waals surface area (Å²) in [4.78, 5) is 15.8. The lowest BCUT2D eigenvalue weighted by Crippen LogP contribution is -2.38. The fraction of sp³-hybridized carbons (Fsp3) is 0.333. The molecule has 0 spiro atoms. The zero-order valence-electron chi connectivity index (χ0n) is 13.8. The van der Waals surface area contributed by atoms with Gasteiger partial charge in [0, 0.05) is 12.7 Å². The number of amides is 2. The van der Waals surface area contributed by atoms with Gasteiger partial charge < -0.3 is 15.4 Å². The molecule has 1 heterocycles. The Labute approximate surface area is 144 Å². The number of benzene rings is 1. The molecule has 2 N–H and O–H groups in total. The van der Waals surface area contributed by atoms with Gasteiger partial charge in [0.15, 0.2) is 0 Å². The molecule has 1 aromatic carbocycles. The normalized spacial score (nSPS) is 14.9. The third-order valence-electron chi connectivity index (χ3n) is 4.25. The summed E-state index contributed by atoms with van der Waals surface area (Å²) >= 11 is 0. The molecular weight excluding hydrogens is 328 g/mol. The topological polar surface area (TPSA) is 63.2 Å². The fourth-order valence-corrected chi connectivity index (χ4v) is 3.13. The van der Waals surface area contributed by atoms with Crippen LogP contribution in [0.15, 0.2) is 42.6 Å². The van der Waals surface area contributed by atoms with Crippen LogP contribution in [0.1, 0.15) is 18.1 Å². The van der Waals surface area contributed by atoms with Crippen molar-refractivity contribution in [3.8, 4) is 5.88 Å². The number of nitrogens with one attached hydrogen (secondary N) is 2. The van der Waals surface area contributed by atoms with Gasteiger partial charge in [0.2, 0.25) is 5.88 Å². The number of alkyl halides is 2. The van der Waals surface area contributed by atoms with Crippen LogP contribution < -0.4 is 15.4 Å². The Balaban J connectivity index is 1.58. The van der Waals surface area contributed by atoms with Crippen LogP contribution in [0.4, 0.5) is 19.3 Å². The molecule has 1 aromatic heterocycles. The summed E-state index contributed by atoms with van der Waals surface area (Å²) in [6.07, 6.45) is 3.09. The van der Waals surface area contributed by atoms with E-state index in [1.165, 1.54) is 29.5 Å². The first-order valence-electron chi connectivity index (χ1n) is 7.97. The van der Waals surface area contributed by atoms with Gasteiger partial charge in [-0.25, -0.2) is 9.78 Å². The van der Waals surface area contributed by atoms with E-state index in [-0.39, 0.29) is 17.0 Å². The van der Waals surface area contributed by atoms with Crippen LogP contribution in [0.3, 0.4) is 0 Å². The molecule has 0 unspecified atom stereocenters. The van der Waals surface area contributed by atoms with E-state index < -0.39 is 12.6 Å². The molecule has 7 heteroatoms. The number of carbonyl (C=O) groups is 1. The largest absolute Gasteiger partial charge is 0.415 e. The van der Waals surface area contributed by atoms with Gasteiger partial charge in [0.05, 0.1) is 0 Å². The molecular formula is C18H19F2N3O2. The predicted octanol–water partition coefficient (Wildman–Crippen LogP) is 3.61. The molecule has 132 valence electrons. The summed E-state index contributed by atoms with van der Waals surface area (Å²) in [5.41, 5.74) is 2.62. The minimum Gasteiger partial charge on any atom is -0.415 e. The molecule has 0 bridgehead atoms. The van der Waals surface area contributed by atoms with E-state index in [2.05, 4.69) is 39.4 Å². The first-order chi connectivity index (χ1) is 12.0. The van der Waals surface area contributed by atoms with Crippen LogP contribution in [0.5, 0.6) is 5.88 Å². The number of aromatic nitrogens is 1. The van der Waals surface area contributed by atoms with Crippen LogP contribution in [0, 0.1) is 5.41 Å². The monoisotopic (exact) mass is 347 g/mol. The fourth-order valence-electron chi connectivity index (χ4n) is 3.13. The van der Waals surface area contributed by atoms with Crippen molar-refractivity contribution < 1.29 is 18.3 Å². The highest BCUT2D eigenvalue weighted by molar-refractivity contribution is 5.90. The van der Waals surface area contributed by atoms with Crippen molar-refractivity contribution in [2.75, 3.05) is 11.9 Å². The number of pyridine rings is 1. The predicted molar refractivity (Wildman–Crippen MR) is 89.8 cm³/mol. The molecule has 5 nitrogen and oxygen atoms in total. The summed E-state index contributed by atoms with van der Waals surface area (Å²) in [6.45, 7) is -0.420. The van der Waals surface area contributed by atoms with Crippen molar-refractivity contribution >= 4 is 11.7 Å². The highest BCUT2D eigenvalue weighted by atomic mass is 19.3. The highest BCUT2D eigenvalue weighted by Crippen LogP contribution is 2.36. The maximum atomic E-state index is 12.4. The number of urea groups is 1. The van der Waals surface area contributed by atoms with E-state index in [1.54, 1.807) is 0 Å². The molecule has 0 radical (unpaired) electrons. The number of ether oxygens (including phenoxy) is 1. The van der Waals surface area contributed by atoms with E-state index in [4.69, 9.17) is 0 Å². The second-order valence-corrected chi connectivity index (χ2v) is 6.48. The molecule has 0 saturated heterocycles. The lowest BCUT2D eigenvalue weighted by atomic mass is 9.87. The Morgan fingerprint density at radius 2 is 1.92 bits per heavy atom. The van der Waals surface area contributed by atoms with Crippen molar-refractivity contribution in [3.05, 3.63) is 53.7 Å². The average molecular weight is 347 g/mol. The van der Waals surface area contributed by atoms with Crippen LogP contribution in [0.2, 0.25) is 0 Å². The minimum atomic E-state index is -3.01. The van der Waals surface area contributed by atoms with Crippen molar-refractivity contribution in [1.29, 1.82) is 0 Å². The summed E-state index contributed by atoms with van der Waals surface area (Å²) in [6, 6.07) is 10.7. The van der Waals surface area contributed by atoms with Gasteiger partial charge in [0.25, 0.3) is 0 Å². The number of carbonyl (C=O) groups excluding carboxylic acids is 1. The van der Waals surface area contributed by atoms with Crippen molar-refractivity contribution in [3.63, 3.8) is 0 Å².